The second kappa shape index (κ2) is 5.96. The van der Waals surface area contributed by atoms with Crippen molar-refractivity contribution in [3.05, 3.63) is 35.9 Å². The first-order valence-electron chi connectivity index (χ1n) is 4.93. The van der Waals surface area contributed by atoms with Gasteiger partial charge in [-0.1, -0.05) is 30.3 Å². The molecule has 0 amide bonds. The van der Waals surface area contributed by atoms with E-state index in [0.29, 0.717) is 19.3 Å². The van der Waals surface area contributed by atoms with E-state index >= 15 is 0 Å². The van der Waals surface area contributed by atoms with Crippen LogP contribution in [0.15, 0.2) is 30.3 Å². The normalized spacial score (nSPS) is 11.8. The summed E-state index contributed by atoms with van der Waals surface area (Å²) < 4.78 is 4.80. The molecular formula is C12H14O3. The largest absolute Gasteiger partial charge is 0.465 e. The van der Waals surface area contributed by atoms with Gasteiger partial charge in [0.05, 0.1) is 6.61 Å². The van der Waals surface area contributed by atoms with Crippen molar-refractivity contribution in [2.75, 3.05) is 6.61 Å². The van der Waals surface area contributed by atoms with Crippen molar-refractivity contribution < 1.29 is 14.3 Å². The van der Waals surface area contributed by atoms with Crippen LogP contribution in [0.25, 0.3) is 0 Å². The fourth-order valence-corrected chi connectivity index (χ4v) is 1.30. The van der Waals surface area contributed by atoms with Crippen LogP contribution >= 0.6 is 0 Å². The van der Waals surface area contributed by atoms with Crippen LogP contribution in [0.5, 0.6) is 0 Å². The number of rotatable bonds is 5. The minimum absolute atomic E-state index is 0.304. The zero-order valence-electron chi connectivity index (χ0n) is 8.68. The molecule has 0 radical (unpaired) electrons. The second-order valence-electron chi connectivity index (χ2n) is 3.18. The summed E-state index contributed by atoms with van der Waals surface area (Å²) in [6.45, 7) is 2.03. The molecule has 0 saturated heterocycles. The van der Waals surface area contributed by atoms with Gasteiger partial charge in [-0.15, -0.1) is 0 Å². The second-order valence-corrected chi connectivity index (χ2v) is 3.18. The maximum atomic E-state index is 11.3. The Morgan fingerprint density at radius 1 is 1.40 bits per heavy atom. The Bertz CT molecular complexity index is 319. The summed E-state index contributed by atoms with van der Waals surface area (Å²) in [4.78, 5) is 22.1. The van der Waals surface area contributed by atoms with E-state index in [4.69, 9.17) is 4.74 Å². The molecule has 0 aliphatic rings. The molecule has 3 heteroatoms. The van der Waals surface area contributed by atoms with Crippen LogP contribution in [-0.4, -0.2) is 18.9 Å². The van der Waals surface area contributed by atoms with E-state index < -0.39 is 11.9 Å². The van der Waals surface area contributed by atoms with Gasteiger partial charge in [0.25, 0.3) is 0 Å². The molecule has 1 rings (SSSR count). The molecule has 0 aliphatic carbocycles. The number of ether oxygens (including phenoxy) is 1. The lowest BCUT2D eigenvalue weighted by molar-refractivity contribution is -0.149. The summed E-state index contributed by atoms with van der Waals surface area (Å²) in [7, 11) is 0. The van der Waals surface area contributed by atoms with Crippen molar-refractivity contribution in [1.82, 2.24) is 0 Å². The summed E-state index contributed by atoms with van der Waals surface area (Å²) in [5.74, 6) is -1.14. The summed E-state index contributed by atoms with van der Waals surface area (Å²) in [5.41, 5.74) is 0.961. The molecule has 0 aromatic heterocycles. The lowest BCUT2D eigenvalue weighted by atomic mass is 10.0. The zero-order chi connectivity index (χ0) is 11.1. The first-order chi connectivity index (χ1) is 7.27. The number of benzene rings is 1. The topological polar surface area (TPSA) is 43.4 Å². The van der Waals surface area contributed by atoms with Gasteiger partial charge in [0.1, 0.15) is 12.2 Å². The zero-order valence-corrected chi connectivity index (χ0v) is 8.68. The minimum Gasteiger partial charge on any atom is -0.465 e. The highest BCUT2D eigenvalue weighted by Gasteiger charge is 2.18. The molecule has 0 fully saturated rings. The highest BCUT2D eigenvalue weighted by atomic mass is 16.5. The minimum atomic E-state index is -0.688. The van der Waals surface area contributed by atoms with Crippen LogP contribution in [0.4, 0.5) is 0 Å². The highest BCUT2D eigenvalue weighted by Crippen LogP contribution is 2.08. The number of hydrogen-bond acceptors (Lipinski definition) is 3. The van der Waals surface area contributed by atoms with Gasteiger partial charge in [0.15, 0.2) is 0 Å². The third-order valence-electron chi connectivity index (χ3n) is 2.05. The van der Waals surface area contributed by atoms with Crippen molar-refractivity contribution in [2.24, 2.45) is 5.92 Å². The first kappa shape index (κ1) is 11.4. The van der Waals surface area contributed by atoms with E-state index in [9.17, 15) is 9.59 Å². The fraction of sp³-hybridized carbons (Fsp3) is 0.333. The Hall–Kier alpha value is -1.64. The Labute approximate surface area is 89.1 Å². The molecular weight excluding hydrogens is 192 g/mol. The maximum absolute atomic E-state index is 11.3. The number of carbonyl (C=O) groups is 2. The standard InChI is InChI=1S/C12H14O3/c1-2-15-12(14)11(9-13)8-10-6-4-3-5-7-10/h3-7,9,11H,2,8H2,1H3/t11-/m0/s1. The Balaban J connectivity index is 2.62. The van der Waals surface area contributed by atoms with Crippen LogP contribution in [0, 0.1) is 5.92 Å². The van der Waals surface area contributed by atoms with Crippen LogP contribution in [0.2, 0.25) is 0 Å². The molecule has 0 spiro atoms. The molecule has 15 heavy (non-hydrogen) atoms. The summed E-state index contributed by atoms with van der Waals surface area (Å²) in [6, 6.07) is 9.42. The van der Waals surface area contributed by atoms with Gasteiger partial charge in [0, 0.05) is 0 Å². The third-order valence-corrected chi connectivity index (χ3v) is 2.05. The third kappa shape index (κ3) is 3.54. The van der Waals surface area contributed by atoms with E-state index in [0.717, 1.165) is 5.56 Å². The van der Waals surface area contributed by atoms with E-state index in [2.05, 4.69) is 0 Å². The van der Waals surface area contributed by atoms with Crippen molar-refractivity contribution in [3.63, 3.8) is 0 Å². The maximum Gasteiger partial charge on any atom is 0.316 e. The fourth-order valence-electron chi connectivity index (χ4n) is 1.30. The Morgan fingerprint density at radius 2 is 2.07 bits per heavy atom. The predicted molar refractivity (Wildman–Crippen MR) is 56.3 cm³/mol. The summed E-state index contributed by atoms with van der Waals surface area (Å²) >= 11 is 0. The summed E-state index contributed by atoms with van der Waals surface area (Å²) in [6.07, 6.45) is 1.05. The molecule has 0 heterocycles. The predicted octanol–water partition coefficient (Wildman–Crippen LogP) is 1.61. The van der Waals surface area contributed by atoms with Gasteiger partial charge in [-0.2, -0.15) is 0 Å². The van der Waals surface area contributed by atoms with Crippen LogP contribution in [0.1, 0.15) is 12.5 Å². The highest BCUT2D eigenvalue weighted by molar-refractivity contribution is 5.88. The van der Waals surface area contributed by atoms with Crippen LogP contribution in [0.3, 0.4) is 0 Å². The van der Waals surface area contributed by atoms with E-state index in [1.165, 1.54) is 0 Å². The lowest BCUT2D eigenvalue weighted by Crippen LogP contribution is -2.21. The molecule has 0 unspecified atom stereocenters. The number of esters is 1. The van der Waals surface area contributed by atoms with E-state index in [-0.39, 0.29) is 0 Å². The van der Waals surface area contributed by atoms with Gasteiger partial charge < -0.3 is 9.53 Å². The Morgan fingerprint density at radius 3 is 2.60 bits per heavy atom. The van der Waals surface area contributed by atoms with Gasteiger partial charge in [-0.25, -0.2) is 0 Å². The van der Waals surface area contributed by atoms with Crippen LogP contribution in [-0.2, 0) is 20.7 Å². The average molecular weight is 206 g/mol. The molecule has 3 nitrogen and oxygen atoms in total. The van der Waals surface area contributed by atoms with Gasteiger partial charge in [0.2, 0.25) is 0 Å². The smallest absolute Gasteiger partial charge is 0.316 e. The first-order valence-corrected chi connectivity index (χ1v) is 4.93. The van der Waals surface area contributed by atoms with Crippen molar-refractivity contribution >= 4 is 12.3 Å². The molecule has 0 aliphatic heterocycles. The van der Waals surface area contributed by atoms with Crippen molar-refractivity contribution in [1.29, 1.82) is 0 Å². The number of hydrogen-bond donors (Lipinski definition) is 0. The van der Waals surface area contributed by atoms with Gasteiger partial charge in [-0.05, 0) is 18.9 Å². The SMILES string of the molecule is CCOC(=O)[C@H](C=O)Cc1ccccc1. The van der Waals surface area contributed by atoms with Gasteiger partial charge in [-0.3, -0.25) is 4.79 Å². The lowest BCUT2D eigenvalue weighted by Gasteiger charge is -2.08. The average Bonchev–Trinajstić information content (AvgIpc) is 2.27. The molecule has 1 aromatic carbocycles. The molecule has 1 atom stereocenters. The van der Waals surface area contributed by atoms with Crippen molar-refractivity contribution in [3.8, 4) is 0 Å². The molecule has 0 bridgehead atoms. The van der Waals surface area contributed by atoms with E-state index in [1.807, 2.05) is 30.3 Å². The van der Waals surface area contributed by atoms with Crippen LogP contribution < -0.4 is 0 Å². The van der Waals surface area contributed by atoms with Gasteiger partial charge >= 0.3 is 5.97 Å². The number of aldehydes is 1. The Kier molecular flexibility index (Phi) is 4.54. The van der Waals surface area contributed by atoms with E-state index in [1.54, 1.807) is 6.92 Å². The molecule has 0 N–H and O–H groups in total. The molecule has 80 valence electrons. The molecule has 0 saturated carbocycles. The monoisotopic (exact) mass is 206 g/mol. The summed E-state index contributed by atoms with van der Waals surface area (Å²) in [5, 5.41) is 0. The quantitative estimate of drug-likeness (QED) is 0.417. The molecule has 1 aromatic rings. The number of carbonyl (C=O) groups excluding carboxylic acids is 2. The van der Waals surface area contributed by atoms with Crippen molar-refractivity contribution in [2.45, 2.75) is 13.3 Å².